The van der Waals surface area contributed by atoms with Crippen LogP contribution in [0.4, 0.5) is 5.69 Å². The summed E-state index contributed by atoms with van der Waals surface area (Å²) in [6.45, 7) is -0.262. The lowest BCUT2D eigenvalue weighted by molar-refractivity contribution is -0.117. The van der Waals surface area contributed by atoms with Gasteiger partial charge in [0.2, 0.25) is 5.91 Å². The van der Waals surface area contributed by atoms with Gasteiger partial charge in [0, 0.05) is 6.20 Å². The number of fused-ring (bicyclic) bond motifs is 1. The molecule has 0 fully saturated rings. The summed E-state index contributed by atoms with van der Waals surface area (Å²) in [5.74, 6) is -0.443. The number of anilines is 1. The second kappa shape index (κ2) is 5.90. The minimum absolute atomic E-state index is 0.174. The molecule has 1 aromatic carbocycles. The molecule has 3 rings (SSSR count). The molecule has 0 atom stereocenters. The molecule has 0 aliphatic rings. The van der Waals surface area contributed by atoms with E-state index in [0.717, 1.165) is 4.68 Å². The standard InChI is InChI=1S/C14H10ClN5O2/c15-13-11(6-3-7-16-13)17-12(21)8-20-14(22)9-4-1-2-5-10(9)18-19-20/h1-7H,8H2,(H,17,21). The van der Waals surface area contributed by atoms with Crippen LogP contribution in [0.3, 0.4) is 0 Å². The number of amides is 1. The highest BCUT2D eigenvalue weighted by molar-refractivity contribution is 6.32. The van der Waals surface area contributed by atoms with Crippen molar-refractivity contribution >= 4 is 34.1 Å². The zero-order chi connectivity index (χ0) is 15.5. The van der Waals surface area contributed by atoms with Gasteiger partial charge >= 0.3 is 0 Å². The van der Waals surface area contributed by atoms with Gasteiger partial charge in [0.25, 0.3) is 5.56 Å². The summed E-state index contributed by atoms with van der Waals surface area (Å²) in [6.07, 6.45) is 1.51. The van der Waals surface area contributed by atoms with E-state index >= 15 is 0 Å². The molecule has 3 aromatic rings. The summed E-state index contributed by atoms with van der Waals surface area (Å²) >= 11 is 5.86. The molecule has 0 aliphatic heterocycles. The summed E-state index contributed by atoms with van der Waals surface area (Å²) in [5.41, 5.74) is 0.480. The largest absolute Gasteiger partial charge is 0.322 e. The van der Waals surface area contributed by atoms with Crippen LogP contribution in [0.2, 0.25) is 5.15 Å². The molecule has 2 aromatic heterocycles. The van der Waals surface area contributed by atoms with E-state index in [4.69, 9.17) is 11.6 Å². The molecule has 0 radical (unpaired) electrons. The van der Waals surface area contributed by atoms with Crippen molar-refractivity contribution in [2.24, 2.45) is 0 Å². The minimum Gasteiger partial charge on any atom is -0.322 e. The number of hydrogen-bond acceptors (Lipinski definition) is 5. The Kier molecular flexibility index (Phi) is 3.80. The van der Waals surface area contributed by atoms with Gasteiger partial charge in [0.1, 0.15) is 12.1 Å². The molecule has 0 saturated heterocycles. The van der Waals surface area contributed by atoms with Crippen LogP contribution in [0.5, 0.6) is 0 Å². The van der Waals surface area contributed by atoms with Crippen LogP contribution in [-0.2, 0) is 11.3 Å². The molecule has 0 bridgehead atoms. The zero-order valence-electron chi connectivity index (χ0n) is 11.2. The molecular formula is C14H10ClN5O2. The number of pyridine rings is 1. The fourth-order valence-corrected chi connectivity index (χ4v) is 2.10. The summed E-state index contributed by atoms with van der Waals surface area (Å²) in [4.78, 5) is 28.1. The number of hydrogen-bond donors (Lipinski definition) is 1. The molecule has 7 nitrogen and oxygen atoms in total. The Balaban J connectivity index is 1.84. The van der Waals surface area contributed by atoms with Gasteiger partial charge in [-0.05, 0) is 24.3 Å². The fraction of sp³-hybridized carbons (Fsp3) is 0.0714. The predicted octanol–water partition coefficient (Wildman–Crippen LogP) is 1.48. The molecule has 1 N–H and O–H groups in total. The van der Waals surface area contributed by atoms with E-state index in [2.05, 4.69) is 20.6 Å². The second-order valence-corrected chi connectivity index (χ2v) is 4.82. The third-order valence-corrected chi connectivity index (χ3v) is 3.26. The van der Waals surface area contributed by atoms with Crippen LogP contribution in [-0.4, -0.2) is 25.9 Å². The van der Waals surface area contributed by atoms with Gasteiger partial charge in [-0.15, -0.1) is 5.10 Å². The Hall–Kier alpha value is -2.80. The Bertz CT molecular complexity index is 909. The Morgan fingerprint density at radius 2 is 2.05 bits per heavy atom. The first-order chi connectivity index (χ1) is 10.6. The van der Waals surface area contributed by atoms with Crippen LogP contribution < -0.4 is 10.9 Å². The van der Waals surface area contributed by atoms with Crippen molar-refractivity contribution in [1.82, 2.24) is 20.0 Å². The summed E-state index contributed by atoms with van der Waals surface area (Å²) < 4.78 is 1.00. The van der Waals surface area contributed by atoms with Crippen molar-refractivity contribution in [3.05, 3.63) is 58.1 Å². The van der Waals surface area contributed by atoms with Crippen molar-refractivity contribution < 1.29 is 4.79 Å². The van der Waals surface area contributed by atoms with E-state index in [0.29, 0.717) is 16.6 Å². The number of aromatic nitrogens is 4. The maximum absolute atomic E-state index is 12.2. The first-order valence-electron chi connectivity index (χ1n) is 6.38. The van der Waals surface area contributed by atoms with Crippen molar-refractivity contribution in [1.29, 1.82) is 0 Å². The fourth-order valence-electron chi connectivity index (χ4n) is 1.93. The first kappa shape index (κ1) is 14.2. The van der Waals surface area contributed by atoms with E-state index in [1.807, 2.05) is 0 Å². The van der Waals surface area contributed by atoms with Crippen molar-refractivity contribution in [3.8, 4) is 0 Å². The quantitative estimate of drug-likeness (QED) is 0.739. The lowest BCUT2D eigenvalue weighted by Gasteiger charge is -2.07. The number of nitrogens with one attached hydrogen (secondary N) is 1. The normalized spacial score (nSPS) is 10.6. The van der Waals surface area contributed by atoms with Crippen LogP contribution in [0.15, 0.2) is 47.4 Å². The zero-order valence-corrected chi connectivity index (χ0v) is 12.0. The number of halogens is 1. The lowest BCUT2D eigenvalue weighted by Crippen LogP contribution is -2.30. The monoisotopic (exact) mass is 315 g/mol. The Morgan fingerprint density at radius 3 is 2.86 bits per heavy atom. The van der Waals surface area contributed by atoms with Gasteiger partial charge in [0.05, 0.1) is 11.1 Å². The molecule has 110 valence electrons. The van der Waals surface area contributed by atoms with E-state index in [9.17, 15) is 9.59 Å². The van der Waals surface area contributed by atoms with E-state index in [-0.39, 0.29) is 17.3 Å². The van der Waals surface area contributed by atoms with Crippen LogP contribution in [0.25, 0.3) is 10.9 Å². The van der Waals surface area contributed by atoms with E-state index in [1.54, 1.807) is 36.4 Å². The highest BCUT2D eigenvalue weighted by Gasteiger charge is 2.11. The summed E-state index contributed by atoms with van der Waals surface area (Å²) in [7, 11) is 0. The third kappa shape index (κ3) is 2.79. The molecule has 8 heteroatoms. The molecule has 0 spiro atoms. The molecule has 1 amide bonds. The van der Waals surface area contributed by atoms with Crippen LogP contribution in [0, 0.1) is 0 Å². The molecule has 0 aliphatic carbocycles. The maximum atomic E-state index is 12.2. The van der Waals surface area contributed by atoms with Gasteiger partial charge in [-0.25, -0.2) is 9.67 Å². The molecule has 22 heavy (non-hydrogen) atoms. The summed E-state index contributed by atoms with van der Waals surface area (Å²) in [6, 6.07) is 10.1. The molecular weight excluding hydrogens is 306 g/mol. The third-order valence-electron chi connectivity index (χ3n) is 2.96. The van der Waals surface area contributed by atoms with Gasteiger partial charge in [-0.2, -0.15) is 0 Å². The minimum atomic E-state index is -0.443. The number of carbonyl (C=O) groups excluding carboxylic acids is 1. The Labute approximate surface area is 129 Å². The van der Waals surface area contributed by atoms with Crippen molar-refractivity contribution in [2.75, 3.05) is 5.32 Å². The second-order valence-electron chi connectivity index (χ2n) is 4.46. The van der Waals surface area contributed by atoms with Gasteiger partial charge in [-0.3, -0.25) is 9.59 Å². The van der Waals surface area contributed by atoms with Gasteiger partial charge in [-0.1, -0.05) is 28.9 Å². The number of rotatable bonds is 3. The SMILES string of the molecule is O=C(Cn1nnc2ccccc2c1=O)Nc1cccnc1Cl. The predicted molar refractivity (Wildman–Crippen MR) is 81.7 cm³/mol. The molecule has 0 unspecified atom stereocenters. The van der Waals surface area contributed by atoms with Gasteiger partial charge < -0.3 is 5.32 Å². The van der Waals surface area contributed by atoms with Crippen molar-refractivity contribution in [2.45, 2.75) is 6.54 Å². The van der Waals surface area contributed by atoms with Gasteiger partial charge in [0.15, 0.2) is 5.15 Å². The lowest BCUT2D eigenvalue weighted by atomic mass is 10.2. The van der Waals surface area contributed by atoms with Crippen LogP contribution >= 0.6 is 11.6 Å². The van der Waals surface area contributed by atoms with Crippen molar-refractivity contribution in [3.63, 3.8) is 0 Å². The topological polar surface area (TPSA) is 89.8 Å². The highest BCUT2D eigenvalue weighted by Crippen LogP contribution is 2.17. The average molecular weight is 316 g/mol. The Morgan fingerprint density at radius 1 is 1.23 bits per heavy atom. The van der Waals surface area contributed by atoms with Crippen LogP contribution in [0.1, 0.15) is 0 Å². The van der Waals surface area contributed by atoms with E-state index < -0.39 is 5.91 Å². The maximum Gasteiger partial charge on any atom is 0.278 e. The summed E-state index contributed by atoms with van der Waals surface area (Å²) in [5, 5.41) is 10.8. The smallest absolute Gasteiger partial charge is 0.278 e. The van der Waals surface area contributed by atoms with E-state index in [1.165, 1.54) is 6.20 Å². The average Bonchev–Trinajstić information content (AvgIpc) is 2.53. The first-order valence-corrected chi connectivity index (χ1v) is 6.76. The molecule has 2 heterocycles. The highest BCUT2D eigenvalue weighted by atomic mass is 35.5. The molecule has 0 saturated carbocycles. The number of carbonyl (C=O) groups is 1. The number of nitrogens with zero attached hydrogens (tertiary/aromatic N) is 4. The number of benzene rings is 1.